The monoisotopic (exact) mass is 486 g/mol. The lowest BCUT2D eigenvalue weighted by atomic mass is 10.1. The quantitative estimate of drug-likeness (QED) is 0.258. The van der Waals surface area contributed by atoms with E-state index in [0.717, 1.165) is 10.7 Å². The Morgan fingerprint density at radius 1 is 1.06 bits per heavy atom. The molecule has 1 N–H and O–H groups in total. The highest BCUT2D eigenvalue weighted by Crippen LogP contribution is 2.33. The molecule has 34 heavy (non-hydrogen) atoms. The number of rotatable bonds is 5. The van der Waals surface area contributed by atoms with Crippen molar-refractivity contribution in [3.8, 4) is 11.3 Å². The van der Waals surface area contributed by atoms with Crippen LogP contribution >= 0.6 is 0 Å². The van der Waals surface area contributed by atoms with Gasteiger partial charge in [0.15, 0.2) is 28.9 Å². The van der Waals surface area contributed by atoms with Gasteiger partial charge in [-0.25, -0.2) is 40.4 Å². The lowest BCUT2D eigenvalue weighted by molar-refractivity contribution is -0.116. The highest BCUT2D eigenvalue weighted by Gasteiger charge is 2.28. The molecule has 3 aromatic heterocycles. The number of benzene rings is 1. The van der Waals surface area contributed by atoms with Gasteiger partial charge in [-0.2, -0.15) is 10.2 Å². The fourth-order valence-electron chi connectivity index (χ4n) is 3.40. The second-order valence-corrected chi connectivity index (χ2v) is 7.23. The molecule has 14 heteroatoms. The molecule has 0 saturated heterocycles. The SMILES string of the molecule is Cc1nn(CC(=O)Nc2c(F)c(F)c(F)c(F)c2F)c2nc(-c3cnn(C)c3)cc(C(F)F)c12. The number of halogens is 7. The molecule has 0 aliphatic rings. The second-order valence-electron chi connectivity index (χ2n) is 7.23. The summed E-state index contributed by atoms with van der Waals surface area (Å²) in [6.45, 7) is 0.564. The van der Waals surface area contributed by atoms with E-state index in [1.165, 1.54) is 24.0 Å². The van der Waals surface area contributed by atoms with Gasteiger partial charge in [0, 0.05) is 24.4 Å². The maximum absolute atomic E-state index is 13.9. The highest BCUT2D eigenvalue weighted by atomic mass is 19.3. The van der Waals surface area contributed by atoms with Gasteiger partial charge in [-0.3, -0.25) is 9.48 Å². The van der Waals surface area contributed by atoms with Crippen LogP contribution in [-0.2, 0) is 18.4 Å². The van der Waals surface area contributed by atoms with Gasteiger partial charge in [0.1, 0.15) is 12.2 Å². The average molecular weight is 486 g/mol. The maximum Gasteiger partial charge on any atom is 0.264 e. The van der Waals surface area contributed by atoms with Crippen molar-refractivity contribution in [2.24, 2.45) is 7.05 Å². The van der Waals surface area contributed by atoms with Crippen LogP contribution in [-0.4, -0.2) is 30.5 Å². The van der Waals surface area contributed by atoms with E-state index in [9.17, 15) is 35.5 Å². The van der Waals surface area contributed by atoms with Crippen molar-refractivity contribution in [3.05, 3.63) is 58.8 Å². The smallest absolute Gasteiger partial charge is 0.264 e. The summed E-state index contributed by atoms with van der Waals surface area (Å²) in [4.78, 5) is 16.7. The Morgan fingerprint density at radius 3 is 2.24 bits per heavy atom. The Hall–Kier alpha value is -3.97. The standard InChI is InChI=1S/C20H13F7N6O/c1-7-12-9(19(26)27)3-10(8-4-28-32(2)5-8)29-20(12)33(31-7)6-11(34)30-18-16(24)14(22)13(21)15(23)17(18)25/h3-5,19H,6H2,1-2H3,(H,30,34). The second kappa shape index (κ2) is 8.43. The van der Waals surface area contributed by atoms with Gasteiger partial charge < -0.3 is 5.32 Å². The molecule has 0 bridgehead atoms. The first-order valence-corrected chi connectivity index (χ1v) is 9.46. The van der Waals surface area contributed by atoms with Crippen LogP contribution in [0.5, 0.6) is 0 Å². The number of nitrogens with one attached hydrogen (secondary N) is 1. The molecule has 7 nitrogen and oxygen atoms in total. The summed E-state index contributed by atoms with van der Waals surface area (Å²) in [6.07, 6.45) is -0.0285. The molecule has 0 aliphatic heterocycles. The van der Waals surface area contributed by atoms with Crippen molar-refractivity contribution >= 4 is 22.6 Å². The number of hydrogen-bond donors (Lipinski definition) is 1. The molecular weight excluding hydrogens is 473 g/mol. The number of aromatic nitrogens is 5. The van der Waals surface area contributed by atoms with Crippen molar-refractivity contribution in [1.82, 2.24) is 24.5 Å². The van der Waals surface area contributed by atoms with Crippen molar-refractivity contribution in [3.63, 3.8) is 0 Å². The summed E-state index contributed by atoms with van der Waals surface area (Å²) in [5.74, 6) is -12.6. The summed E-state index contributed by atoms with van der Waals surface area (Å²) in [7, 11) is 1.61. The van der Waals surface area contributed by atoms with Gasteiger partial charge in [0.25, 0.3) is 6.43 Å². The Morgan fingerprint density at radius 2 is 1.68 bits per heavy atom. The summed E-state index contributed by atoms with van der Waals surface area (Å²) in [5.41, 5.74) is -1.55. The normalized spacial score (nSPS) is 11.6. The van der Waals surface area contributed by atoms with Crippen molar-refractivity contribution in [2.45, 2.75) is 19.9 Å². The number of hydrogen-bond acceptors (Lipinski definition) is 4. The topological polar surface area (TPSA) is 77.6 Å². The van der Waals surface area contributed by atoms with Gasteiger partial charge in [0.05, 0.1) is 23.0 Å². The minimum Gasteiger partial charge on any atom is -0.319 e. The molecule has 178 valence electrons. The van der Waals surface area contributed by atoms with Crippen LogP contribution in [0.4, 0.5) is 36.4 Å². The molecule has 3 heterocycles. The summed E-state index contributed by atoms with van der Waals surface area (Å²) >= 11 is 0. The van der Waals surface area contributed by atoms with Crippen LogP contribution in [0.15, 0.2) is 18.5 Å². The van der Waals surface area contributed by atoms with Gasteiger partial charge >= 0.3 is 0 Å². The van der Waals surface area contributed by atoms with E-state index in [-0.39, 0.29) is 22.4 Å². The molecular formula is C20H13F7N6O. The van der Waals surface area contributed by atoms with Crippen molar-refractivity contribution in [2.75, 3.05) is 5.32 Å². The molecule has 0 aliphatic carbocycles. The zero-order chi connectivity index (χ0) is 24.9. The average Bonchev–Trinajstić information content (AvgIpc) is 3.36. The minimum absolute atomic E-state index is 0.0494. The Bertz CT molecular complexity index is 1420. The first-order valence-electron chi connectivity index (χ1n) is 9.46. The number of carbonyl (C=O) groups excluding carboxylic acids is 1. The van der Waals surface area contributed by atoms with E-state index in [1.807, 2.05) is 0 Å². The van der Waals surface area contributed by atoms with Crippen molar-refractivity contribution in [1.29, 1.82) is 0 Å². The number of alkyl halides is 2. The van der Waals surface area contributed by atoms with Gasteiger partial charge in [0.2, 0.25) is 11.7 Å². The number of aryl methyl sites for hydroxylation is 2. The summed E-state index contributed by atoms with van der Waals surface area (Å²) < 4.78 is 97.7. The van der Waals surface area contributed by atoms with E-state index >= 15 is 0 Å². The van der Waals surface area contributed by atoms with E-state index < -0.39 is 59.2 Å². The number of anilines is 1. The van der Waals surface area contributed by atoms with Crippen molar-refractivity contribution < 1.29 is 35.5 Å². The number of fused-ring (bicyclic) bond motifs is 1. The first kappa shape index (κ1) is 23.2. The molecule has 1 amide bonds. The predicted molar refractivity (Wildman–Crippen MR) is 104 cm³/mol. The van der Waals surface area contributed by atoms with Crippen LogP contribution in [0, 0.1) is 36.0 Å². The molecule has 4 rings (SSSR count). The lowest BCUT2D eigenvalue weighted by Crippen LogP contribution is -2.22. The number of amides is 1. The number of pyridine rings is 1. The third kappa shape index (κ3) is 3.84. The van der Waals surface area contributed by atoms with E-state index in [0.29, 0.717) is 5.56 Å². The molecule has 0 radical (unpaired) electrons. The van der Waals surface area contributed by atoms with E-state index in [2.05, 4.69) is 15.2 Å². The molecule has 0 unspecified atom stereocenters. The molecule has 0 spiro atoms. The van der Waals surface area contributed by atoms with Crippen LogP contribution in [0.2, 0.25) is 0 Å². The van der Waals surface area contributed by atoms with Gasteiger partial charge in [-0.15, -0.1) is 0 Å². The third-order valence-electron chi connectivity index (χ3n) is 4.91. The van der Waals surface area contributed by atoms with Gasteiger partial charge in [-0.1, -0.05) is 0 Å². The zero-order valence-corrected chi connectivity index (χ0v) is 17.3. The Balaban J connectivity index is 1.76. The predicted octanol–water partition coefficient (Wildman–Crippen LogP) is 4.41. The van der Waals surface area contributed by atoms with Crippen LogP contribution in [0.25, 0.3) is 22.3 Å². The van der Waals surface area contributed by atoms with E-state index in [1.54, 1.807) is 12.4 Å². The van der Waals surface area contributed by atoms with Crippen LogP contribution < -0.4 is 5.32 Å². The van der Waals surface area contributed by atoms with E-state index in [4.69, 9.17) is 0 Å². The largest absolute Gasteiger partial charge is 0.319 e. The summed E-state index contributed by atoms with van der Waals surface area (Å²) in [5, 5.41) is 9.50. The Kier molecular flexibility index (Phi) is 5.75. The summed E-state index contributed by atoms with van der Waals surface area (Å²) in [6, 6.07) is 1.15. The number of nitrogens with zero attached hydrogens (tertiary/aromatic N) is 5. The highest BCUT2D eigenvalue weighted by molar-refractivity contribution is 5.92. The number of carbonyl (C=O) groups is 1. The third-order valence-corrected chi connectivity index (χ3v) is 4.91. The van der Waals surface area contributed by atoms with Gasteiger partial charge in [-0.05, 0) is 13.0 Å². The fourth-order valence-corrected chi connectivity index (χ4v) is 3.40. The molecule has 0 atom stereocenters. The van der Waals surface area contributed by atoms with Crippen LogP contribution in [0.3, 0.4) is 0 Å². The molecule has 1 aromatic carbocycles. The molecule has 4 aromatic rings. The lowest BCUT2D eigenvalue weighted by Gasteiger charge is -2.11. The zero-order valence-electron chi connectivity index (χ0n) is 17.3. The molecule has 0 saturated carbocycles. The van der Waals surface area contributed by atoms with Crippen LogP contribution in [0.1, 0.15) is 17.7 Å². The fraction of sp³-hybridized carbons (Fsp3) is 0.200. The maximum atomic E-state index is 13.9. The minimum atomic E-state index is -2.93. The molecule has 0 fully saturated rings. The Labute approximate surface area is 185 Å². The first-order chi connectivity index (χ1) is 16.0.